The smallest absolute Gasteiger partial charge is 0.323 e. The van der Waals surface area contributed by atoms with Crippen molar-refractivity contribution >= 4 is 21.8 Å². The van der Waals surface area contributed by atoms with E-state index in [1.165, 1.54) is 21.3 Å². The lowest BCUT2D eigenvalue weighted by Crippen LogP contribution is -2.50. The number of sulfonamides is 1. The molecule has 0 radical (unpaired) electrons. The van der Waals surface area contributed by atoms with Crippen LogP contribution in [0.25, 0.3) is 22.9 Å². The standard InChI is InChI=1S/C27H29F2N7O5S/c1-27(2,3)41-24(37)17-42(38,39)35-11-9-34(10-12-35)26-20(29)15-30-25(31-26)22-14-23(21-8-13-40-33-21)36(32-22)16-18-6-4-5-7-19(18)28/h4-8,13-15H,9-12,16-17H2,1-3H3. The SMILES string of the molecule is CC(C)(C)OC(=O)CS(=O)(=O)N1CCN(c2nc(-c3cc(-c4ccon4)n(Cc4ccccc4F)n3)ncc2F)CC1. The van der Waals surface area contributed by atoms with Gasteiger partial charge in [-0.15, -0.1) is 0 Å². The van der Waals surface area contributed by atoms with Gasteiger partial charge in [-0.25, -0.2) is 27.2 Å². The van der Waals surface area contributed by atoms with Gasteiger partial charge in [0, 0.05) is 37.8 Å². The molecule has 1 saturated heterocycles. The summed E-state index contributed by atoms with van der Waals surface area (Å²) in [6.45, 7) is 5.37. The maximum Gasteiger partial charge on any atom is 0.323 e. The molecule has 0 spiro atoms. The Labute approximate surface area is 241 Å². The average Bonchev–Trinajstić information content (AvgIpc) is 3.59. The van der Waals surface area contributed by atoms with Gasteiger partial charge in [-0.05, 0) is 32.9 Å². The molecule has 3 aromatic heterocycles. The molecule has 5 rings (SSSR count). The van der Waals surface area contributed by atoms with Crippen LogP contribution < -0.4 is 4.90 Å². The zero-order chi connectivity index (χ0) is 30.1. The van der Waals surface area contributed by atoms with Crippen molar-refractivity contribution < 1.29 is 31.3 Å². The van der Waals surface area contributed by atoms with Crippen LogP contribution in [0.4, 0.5) is 14.6 Å². The summed E-state index contributed by atoms with van der Waals surface area (Å²) in [7, 11) is -3.92. The first-order valence-corrected chi connectivity index (χ1v) is 14.7. The molecule has 42 heavy (non-hydrogen) atoms. The van der Waals surface area contributed by atoms with Crippen molar-refractivity contribution in [3.05, 3.63) is 66.1 Å². The van der Waals surface area contributed by atoms with E-state index in [0.717, 1.165) is 6.20 Å². The van der Waals surface area contributed by atoms with E-state index < -0.39 is 39.0 Å². The third-order valence-corrected chi connectivity index (χ3v) is 8.12. The largest absolute Gasteiger partial charge is 0.459 e. The van der Waals surface area contributed by atoms with Gasteiger partial charge in [0.1, 0.15) is 29.1 Å². The van der Waals surface area contributed by atoms with Crippen LogP contribution in [0.5, 0.6) is 0 Å². The second-order valence-corrected chi connectivity index (χ2v) is 12.6. The Kier molecular flexibility index (Phi) is 8.06. The van der Waals surface area contributed by atoms with Gasteiger partial charge < -0.3 is 14.2 Å². The minimum absolute atomic E-state index is 0.0177. The number of carbonyl (C=O) groups is 1. The molecule has 1 fully saturated rings. The number of hydrogen-bond acceptors (Lipinski definition) is 10. The molecule has 1 aliphatic heterocycles. The summed E-state index contributed by atoms with van der Waals surface area (Å²) in [5.41, 5.74) is 0.856. The Morgan fingerprint density at radius 1 is 1.05 bits per heavy atom. The summed E-state index contributed by atoms with van der Waals surface area (Å²) < 4.78 is 67.7. The van der Waals surface area contributed by atoms with Crippen LogP contribution in [0.15, 0.2) is 53.4 Å². The van der Waals surface area contributed by atoms with Crippen molar-refractivity contribution in [2.75, 3.05) is 36.8 Å². The fourth-order valence-electron chi connectivity index (χ4n) is 4.48. The van der Waals surface area contributed by atoms with Crippen molar-refractivity contribution in [1.82, 2.24) is 29.2 Å². The molecule has 1 aliphatic rings. The second-order valence-electron chi connectivity index (χ2n) is 10.6. The fraction of sp³-hybridized carbons (Fsp3) is 0.370. The Hall–Kier alpha value is -4.24. The maximum absolute atomic E-state index is 14.9. The third kappa shape index (κ3) is 6.62. The highest BCUT2D eigenvalue weighted by Gasteiger charge is 2.32. The summed E-state index contributed by atoms with van der Waals surface area (Å²) in [4.78, 5) is 22.2. The summed E-state index contributed by atoms with van der Waals surface area (Å²) >= 11 is 0. The van der Waals surface area contributed by atoms with Crippen LogP contribution in [0.1, 0.15) is 26.3 Å². The topological polar surface area (TPSA) is 137 Å². The molecule has 12 nitrogen and oxygen atoms in total. The summed E-state index contributed by atoms with van der Waals surface area (Å²) in [6.07, 6.45) is 2.42. The molecule has 1 aromatic carbocycles. The first-order valence-electron chi connectivity index (χ1n) is 13.1. The van der Waals surface area contributed by atoms with E-state index >= 15 is 0 Å². The average molecular weight is 602 g/mol. The normalized spacial score (nSPS) is 14.7. The van der Waals surface area contributed by atoms with Crippen LogP contribution in [0, 0.1) is 11.6 Å². The molecule has 4 aromatic rings. The molecule has 4 heterocycles. The summed E-state index contributed by atoms with van der Waals surface area (Å²) in [5, 5.41) is 8.52. The van der Waals surface area contributed by atoms with Gasteiger partial charge in [0.25, 0.3) is 0 Å². The minimum atomic E-state index is -3.92. The van der Waals surface area contributed by atoms with Crippen LogP contribution in [0.2, 0.25) is 0 Å². The van der Waals surface area contributed by atoms with Gasteiger partial charge in [0.05, 0.1) is 18.4 Å². The van der Waals surface area contributed by atoms with E-state index in [2.05, 4.69) is 20.2 Å². The lowest BCUT2D eigenvalue weighted by Gasteiger charge is -2.34. The van der Waals surface area contributed by atoms with E-state index in [1.54, 1.807) is 56.0 Å². The van der Waals surface area contributed by atoms with Gasteiger partial charge in [-0.2, -0.15) is 9.40 Å². The molecule has 0 saturated carbocycles. The first kappa shape index (κ1) is 29.3. The minimum Gasteiger partial charge on any atom is -0.459 e. The first-order chi connectivity index (χ1) is 19.9. The van der Waals surface area contributed by atoms with Gasteiger partial charge in [-0.1, -0.05) is 23.4 Å². The lowest BCUT2D eigenvalue weighted by molar-refractivity contribution is -0.151. The summed E-state index contributed by atoms with van der Waals surface area (Å²) in [6, 6.07) is 9.59. The van der Waals surface area contributed by atoms with Crippen molar-refractivity contribution in [3.8, 4) is 22.9 Å². The molecule has 222 valence electrons. The maximum atomic E-state index is 14.9. The van der Waals surface area contributed by atoms with Crippen LogP contribution in [-0.4, -0.2) is 81.1 Å². The number of nitrogens with zero attached hydrogens (tertiary/aromatic N) is 7. The molecule has 15 heteroatoms. The van der Waals surface area contributed by atoms with E-state index in [-0.39, 0.29) is 44.4 Å². The molecule has 0 atom stereocenters. The molecule has 0 N–H and O–H groups in total. The second kappa shape index (κ2) is 11.6. The molecule has 0 amide bonds. The van der Waals surface area contributed by atoms with E-state index in [1.807, 2.05) is 0 Å². The molecular weight excluding hydrogens is 572 g/mol. The highest BCUT2D eigenvalue weighted by atomic mass is 32.2. The lowest BCUT2D eigenvalue weighted by atomic mass is 10.2. The highest BCUT2D eigenvalue weighted by molar-refractivity contribution is 7.89. The molecule has 0 bridgehead atoms. The van der Waals surface area contributed by atoms with Gasteiger partial charge >= 0.3 is 5.97 Å². The van der Waals surface area contributed by atoms with Crippen molar-refractivity contribution in [2.45, 2.75) is 32.9 Å². The predicted octanol–water partition coefficient (Wildman–Crippen LogP) is 3.12. The van der Waals surface area contributed by atoms with E-state index in [0.29, 0.717) is 22.6 Å². The van der Waals surface area contributed by atoms with E-state index in [4.69, 9.17) is 9.26 Å². The number of piperazine rings is 1. The van der Waals surface area contributed by atoms with Gasteiger partial charge in [-0.3, -0.25) is 9.48 Å². The van der Waals surface area contributed by atoms with Crippen LogP contribution in [-0.2, 0) is 26.1 Å². The Balaban J connectivity index is 1.35. The van der Waals surface area contributed by atoms with E-state index in [9.17, 15) is 22.0 Å². The van der Waals surface area contributed by atoms with Gasteiger partial charge in [0.15, 0.2) is 23.2 Å². The number of carbonyl (C=O) groups excluding carboxylic acids is 1. The third-order valence-electron chi connectivity index (χ3n) is 6.36. The number of anilines is 1. The monoisotopic (exact) mass is 601 g/mol. The number of hydrogen-bond donors (Lipinski definition) is 0. The number of halogens is 2. The van der Waals surface area contributed by atoms with Crippen molar-refractivity contribution in [1.29, 1.82) is 0 Å². The van der Waals surface area contributed by atoms with Crippen molar-refractivity contribution in [2.24, 2.45) is 0 Å². The zero-order valence-electron chi connectivity index (χ0n) is 23.2. The highest BCUT2D eigenvalue weighted by Crippen LogP contribution is 2.27. The predicted molar refractivity (Wildman–Crippen MR) is 148 cm³/mol. The molecule has 0 aliphatic carbocycles. The number of ether oxygens (including phenoxy) is 1. The van der Waals surface area contributed by atoms with Gasteiger partial charge in [0.2, 0.25) is 10.0 Å². The molecule has 0 unspecified atom stereocenters. The number of benzene rings is 1. The van der Waals surface area contributed by atoms with Crippen LogP contribution >= 0.6 is 0 Å². The van der Waals surface area contributed by atoms with Crippen molar-refractivity contribution in [3.63, 3.8) is 0 Å². The number of rotatable bonds is 8. The quantitative estimate of drug-likeness (QED) is 0.277. The van der Waals surface area contributed by atoms with Crippen LogP contribution in [0.3, 0.4) is 0 Å². The Morgan fingerprint density at radius 2 is 1.79 bits per heavy atom. The Bertz CT molecular complexity index is 1680. The Morgan fingerprint density at radius 3 is 2.45 bits per heavy atom. The summed E-state index contributed by atoms with van der Waals surface area (Å²) in [5.74, 6) is -2.60. The molecular formula is C27H29F2N7O5S. The fourth-order valence-corrected chi connectivity index (χ4v) is 5.74. The zero-order valence-corrected chi connectivity index (χ0v) is 24.0. The number of esters is 1. The number of aromatic nitrogens is 5.